The summed E-state index contributed by atoms with van der Waals surface area (Å²) in [7, 11) is 0. The minimum atomic E-state index is -0.992. The van der Waals surface area contributed by atoms with Crippen molar-refractivity contribution in [3.8, 4) is 0 Å². The molecular weight excluding hydrogens is 363 g/mol. The highest BCUT2D eigenvalue weighted by atomic mass is 19.1. The van der Waals surface area contributed by atoms with E-state index in [1.807, 2.05) is 0 Å². The van der Waals surface area contributed by atoms with Gasteiger partial charge in [-0.3, -0.25) is 4.79 Å². The molecule has 0 saturated carbocycles. The van der Waals surface area contributed by atoms with Gasteiger partial charge in [-0.15, -0.1) is 0 Å². The van der Waals surface area contributed by atoms with Crippen LogP contribution in [0.5, 0.6) is 0 Å². The summed E-state index contributed by atoms with van der Waals surface area (Å²) in [6.07, 6.45) is 1.13. The highest BCUT2D eigenvalue weighted by molar-refractivity contribution is 5.98. The molecule has 1 saturated heterocycles. The van der Waals surface area contributed by atoms with Crippen LogP contribution in [-0.2, 0) is 6.54 Å². The summed E-state index contributed by atoms with van der Waals surface area (Å²) in [5, 5.41) is 11.7. The van der Waals surface area contributed by atoms with E-state index in [-0.39, 0.29) is 29.1 Å². The maximum Gasteiger partial charge on any atom is 0.335 e. The average molecular weight is 384 g/mol. The van der Waals surface area contributed by atoms with Crippen LogP contribution < -0.4 is 5.32 Å². The number of hydrogen-bond donors (Lipinski definition) is 2. The molecule has 0 bridgehead atoms. The summed E-state index contributed by atoms with van der Waals surface area (Å²) < 4.78 is 13.0. The number of urea groups is 1. The number of hydrogen-bond acceptors (Lipinski definition) is 3. The van der Waals surface area contributed by atoms with Crippen LogP contribution in [0, 0.1) is 11.7 Å². The number of halogens is 1. The third-order valence-electron chi connectivity index (χ3n) is 4.93. The second kappa shape index (κ2) is 8.65. The van der Waals surface area contributed by atoms with Crippen LogP contribution in [0.2, 0.25) is 0 Å². The first kappa shape index (κ1) is 19.5. The molecule has 0 radical (unpaired) electrons. The van der Waals surface area contributed by atoms with E-state index in [2.05, 4.69) is 5.32 Å². The van der Waals surface area contributed by atoms with Crippen LogP contribution in [0.3, 0.4) is 0 Å². The van der Waals surface area contributed by atoms with Crippen LogP contribution in [-0.4, -0.2) is 40.9 Å². The highest BCUT2D eigenvalue weighted by Crippen LogP contribution is 2.22. The van der Waals surface area contributed by atoms with Crippen molar-refractivity contribution in [2.24, 2.45) is 5.92 Å². The quantitative estimate of drug-likeness (QED) is 0.774. The fourth-order valence-corrected chi connectivity index (χ4v) is 3.25. The Balaban J connectivity index is 1.47. The highest BCUT2D eigenvalue weighted by Gasteiger charge is 2.27. The molecule has 1 aliphatic rings. The standard InChI is InChI=1S/C21H21FN2O4/c22-18-7-5-15(6-8-18)19(25)16-9-11-24(12-10-16)21(28)23-13-14-1-3-17(4-2-14)20(26)27/h1-8,16H,9-13H2,(H,23,28)(H,26,27). The first-order valence-corrected chi connectivity index (χ1v) is 9.09. The van der Waals surface area contributed by atoms with Crippen LogP contribution in [0.1, 0.15) is 39.1 Å². The Morgan fingerprint density at radius 1 is 0.964 bits per heavy atom. The Kier molecular flexibility index (Phi) is 6.03. The predicted octanol–water partition coefficient (Wildman–Crippen LogP) is 3.33. The summed E-state index contributed by atoms with van der Waals surface area (Å²) in [5.41, 5.74) is 1.50. The van der Waals surface area contributed by atoms with Gasteiger partial charge in [0.1, 0.15) is 5.82 Å². The summed E-state index contributed by atoms with van der Waals surface area (Å²) in [6, 6.07) is 11.6. The fraction of sp³-hybridized carbons (Fsp3) is 0.286. The number of carboxylic acids is 1. The zero-order valence-corrected chi connectivity index (χ0v) is 15.2. The van der Waals surface area contributed by atoms with Crippen molar-refractivity contribution in [2.45, 2.75) is 19.4 Å². The lowest BCUT2D eigenvalue weighted by molar-refractivity contribution is 0.0696. The molecule has 0 atom stereocenters. The third-order valence-corrected chi connectivity index (χ3v) is 4.93. The number of nitrogens with zero attached hydrogens (tertiary/aromatic N) is 1. The van der Waals surface area contributed by atoms with Crippen molar-refractivity contribution in [1.82, 2.24) is 10.2 Å². The van der Waals surface area contributed by atoms with Crippen molar-refractivity contribution in [3.63, 3.8) is 0 Å². The van der Waals surface area contributed by atoms with E-state index in [1.54, 1.807) is 17.0 Å². The number of piperidine rings is 1. The summed E-state index contributed by atoms with van der Waals surface area (Å²) >= 11 is 0. The molecule has 28 heavy (non-hydrogen) atoms. The van der Waals surface area contributed by atoms with Crippen molar-refractivity contribution in [1.29, 1.82) is 0 Å². The minimum absolute atomic E-state index is 0.0152. The first-order chi connectivity index (χ1) is 13.4. The van der Waals surface area contributed by atoms with Gasteiger partial charge in [-0.25, -0.2) is 14.0 Å². The fourth-order valence-electron chi connectivity index (χ4n) is 3.25. The molecule has 0 unspecified atom stereocenters. The third kappa shape index (κ3) is 4.73. The van der Waals surface area contributed by atoms with Crippen LogP contribution in [0.25, 0.3) is 0 Å². The largest absolute Gasteiger partial charge is 0.478 e. The van der Waals surface area contributed by atoms with E-state index in [1.165, 1.54) is 36.4 Å². The Bertz CT molecular complexity index is 857. The lowest BCUT2D eigenvalue weighted by atomic mass is 9.89. The van der Waals surface area contributed by atoms with E-state index >= 15 is 0 Å². The molecule has 3 rings (SSSR count). The number of aromatic carboxylic acids is 1. The van der Waals surface area contributed by atoms with Gasteiger partial charge in [-0.2, -0.15) is 0 Å². The van der Waals surface area contributed by atoms with Gasteiger partial charge >= 0.3 is 12.0 Å². The molecule has 2 aromatic rings. The second-order valence-corrected chi connectivity index (χ2v) is 6.79. The number of Topliss-reactive ketones (excluding diaryl/α,β-unsaturated/α-hetero) is 1. The monoisotopic (exact) mass is 384 g/mol. The SMILES string of the molecule is O=C(O)c1ccc(CNC(=O)N2CCC(C(=O)c3ccc(F)cc3)CC2)cc1. The molecule has 7 heteroatoms. The van der Waals surface area contributed by atoms with E-state index in [0.29, 0.717) is 38.0 Å². The van der Waals surface area contributed by atoms with Gasteiger partial charge in [0.2, 0.25) is 0 Å². The van der Waals surface area contributed by atoms with Crippen molar-refractivity contribution < 1.29 is 23.9 Å². The van der Waals surface area contributed by atoms with E-state index in [9.17, 15) is 18.8 Å². The van der Waals surface area contributed by atoms with Crippen molar-refractivity contribution in [3.05, 3.63) is 71.0 Å². The summed E-state index contributed by atoms with van der Waals surface area (Å²) in [4.78, 5) is 37.3. The number of carbonyl (C=O) groups excluding carboxylic acids is 2. The van der Waals surface area contributed by atoms with Gasteiger partial charge in [0.15, 0.2) is 5.78 Å². The second-order valence-electron chi connectivity index (χ2n) is 6.79. The van der Waals surface area contributed by atoms with E-state index in [0.717, 1.165) is 5.56 Å². The van der Waals surface area contributed by atoms with Crippen LogP contribution in [0.15, 0.2) is 48.5 Å². The molecule has 2 aromatic carbocycles. The number of carbonyl (C=O) groups is 3. The van der Waals surface area contributed by atoms with E-state index < -0.39 is 5.97 Å². The van der Waals surface area contributed by atoms with Gasteiger partial charge in [0.25, 0.3) is 0 Å². The maximum atomic E-state index is 13.0. The number of rotatable bonds is 5. The lowest BCUT2D eigenvalue weighted by Gasteiger charge is -2.31. The first-order valence-electron chi connectivity index (χ1n) is 9.09. The van der Waals surface area contributed by atoms with Gasteiger partial charge in [0.05, 0.1) is 5.56 Å². The number of benzene rings is 2. The predicted molar refractivity (Wildman–Crippen MR) is 101 cm³/mol. The maximum absolute atomic E-state index is 13.0. The zero-order valence-electron chi connectivity index (χ0n) is 15.2. The molecule has 2 N–H and O–H groups in total. The van der Waals surface area contributed by atoms with Gasteiger partial charge < -0.3 is 15.3 Å². The van der Waals surface area contributed by atoms with Crippen molar-refractivity contribution in [2.75, 3.05) is 13.1 Å². The molecule has 6 nitrogen and oxygen atoms in total. The Morgan fingerprint density at radius 3 is 2.11 bits per heavy atom. The molecule has 0 aromatic heterocycles. The molecule has 0 aliphatic carbocycles. The normalized spacial score (nSPS) is 14.5. The number of nitrogens with one attached hydrogen (secondary N) is 1. The smallest absolute Gasteiger partial charge is 0.335 e. The van der Waals surface area contributed by atoms with Crippen LogP contribution in [0.4, 0.5) is 9.18 Å². The molecule has 2 amide bonds. The summed E-state index contributed by atoms with van der Waals surface area (Å²) in [5.74, 6) is -1.55. The molecule has 0 spiro atoms. The molecule has 1 fully saturated rings. The lowest BCUT2D eigenvalue weighted by Crippen LogP contribution is -2.45. The van der Waals surface area contributed by atoms with Gasteiger partial charge in [0, 0.05) is 31.1 Å². The van der Waals surface area contributed by atoms with Gasteiger partial charge in [-0.05, 0) is 54.8 Å². The average Bonchev–Trinajstić information content (AvgIpc) is 2.72. The zero-order chi connectivity index (χ0) is 20.1. The number of likely N-dealkylation sites (tertiary alicyclic amines) is 1. The molecule has 1 heterocycles. The Hall–Kier alpha value is -3.22. The number of ketones is 1. The van der Waals surface area contributed by atoms with Gasteiger partial charge in [-0.1, -0.05) is 12.1 Å². The number of carboxylic acid groups (broad SMARTS) is 1. The molecule has 1 aliphatic heterocycles. The van der Waals surface area contributed by atoms with E-state index in [4.69, 9.17) is 5.11 Å². The minimum Gasteiger partial charge on any atom is -0.478 e. The molecule has 146 valence electrons. The van der Waals surface area contributed by atoms with Crippen molar-refractivity contribution >= 4 is 17.8 Å². The molecular formula is C21H21FN2O4. The topological polar surface area (TPSA) is 86.7 Å². The Labute approximate surface area is 162 Å². The number of amides is 2. The van der Waals surface area contributed by atoms with Crippen LogP contribution >= 0.6 is 0 Å². The Morgan fingerprint density at radius 2 is 1.54 bits per heavy atom. The summed E-state index contributed by atoms with van der Waals surface area (Å²) in [6.45, 7) is 1.25.